The van der Waals surface area contributed by atoms with Crippen molar-refractivity contribution in [2.24, 2.45) is 0 Å². The third kappa shape index (κ3) is 3.59. The Bertz CT molecular complexity index is 1270. The van der Waals surface area contributed by atoms with Gasteiger partial charge in [-0.3, -0.25) is 4.79 Å². The fourth-order valence-electron chi connectivity index (χ4n) is 3.59. The molecule has 0 unspecified atom stereocenters. The Labute approximate surface area is 175 Å². The van der Waals surface area contributed by atoms with Crippen LogP contribution in [0, 0.1) is 20.8 Å². The van der Waals surface area contributed by atoms with Gasteiger partial charge in [-0.2, -0.15) is 13.2 Å². The maximum atomic E-state index is 13.5. The molecule has 0 atom stereocenters. The predicted octanol–water partition coefficient (Wildman–Crippen LogP) is 6.28. The molecule has 0 saturated heterocycles. The summed E-state index contributed by atoms with van der Waals surface area (Å²) in [7, 11) is 0. The van der Waals surface area contributed by atoms with E-state index in [1.165, 1.54) is 16.7 Å². The minimum atomic E-state index is -4.50. The van der Waals surface area contributed by atoms with Gasteiger partial charge in [-0.15, -0.1) is 11.3 Å². The van der Waals surface area contributed by atoms with Crippen molar-refractivity contribution < 1.29 is 18.0 Å². The van der Waals surface area contributed by atoms with Gasteiger partial charge in [0.25, 0.3) is 5.91 Å². The van der Waals surface area contributed by atoms with Crippen molar-refractivity contribution in [2.75, 3.05) is 5.32 Å². The summed E-state index contributed by atoms with van der Waals surface area (Å²) in [6.07, 6.45) is -4.50. The number of halogens is 3. The van der Waals surface area contributed by atoms with Crippen LogP contribution in [0.1, 0.15) is 32.3 Å². The van der Waals surface area contributed by atoms with E-state index in [1.54, 1.807) is 49.4 Å². The summed E-state index contributed by atoms with van der Waals surface area (Å²) in [6.45, 7) is 5.24. The number of hydrogen-bond donors (Lipinski definition) is 1. The third-order valence-electron chi connectivity index (χ3n) is 4.88. The lowest BCUT2D eigenvalue weighted by molar-refractivity contribution is -0.137. The number of rotatable bonds is 3. The average Bonchev–Trinajstić information content (AvgIpc) is 3.18. The van der Waals surface area contributed by atoms with Crippen molar-refractivity contribution in [3.8, 4) is 5.69 Å². The van der Waals surface area contributed by atoms with Crippen LogP contribution in [0.3, 0.4) is 0 Å². The molecule has 4 nitrogen and oxygen atoms in total. The van der Waals surface area contributed by atoms with Gasteiger partial charge in [0.15, 0.2) is 0 Å². The topological polar surface area (TPSA) is 46.9 Å². The van der Waals surface area contributed by atoms with Crippen LogP contribution in [-0.4, -0.2) is 15.5 Å². The molecule has 0 aliphatic rings. The lowest BCUT2D eigenvalue weighted by Crippen LogP contribution is -2.14. The first-order chi connectivity index (χ1) is 14.1. The van der Waals surface area contributed by atoms with E-state index in [0.717, 1.165) is 21.3 Å². The number of carbonyl (C=O) groups excluding carboxylic acids is 1. The largest absolute Gasteiger partial charge is 0.418 e. The smallest absolute Gasteiger partial charge is 0.322 e. The second-order valence-electron chi connectivity index (χ2n) is 7.00. The highest BCUT2D eigenvalue weighted by Crippen LogP contribution is 2.35. The van der Waals surface area contributed by atoms with Crippen LogP contribution in [0.15, 0.2) is 48.5 Å². The highest BCUT2D eigenvalue weighted by Gasteiger charge is 2.34. The summed E-state index contributed by atoms with van der Waals surface area (Å²) >= 11 is 1.57. The third-order valence-corrected chi connectivity index (χ3v) is 5.83. The molecule has 2 aromatic heterocycles. The zero-order valence-corrected chi connectivity index (χ0v) is 17.3. The van der Waals surface area contributed by atoms with Gasteiger partial charge < -0.3 is 9.88 Å². The second kappa shape index (κ2) is 7.28. The van der Waals surface area contributed by atoms with Crippen molar-refractivity contribution in [3.63, 3.8) is 0 Å². The molecule has 2 heterocycles. The lowest BCUT2D eigenvalue weighted by Gasteiger charge is -2.16. The van der Waals surface area contributed by atoms with E-state index in [9.17, 15) is 18.0 Å². The van der Waals surface area contributed by atoms with Crippen LogP contribution in [0.2, 0.25) is 0 Å². The number of alkyl halides is 3. The number of nitrogens with one attached hydrogen (secondary N) is 1. The number of amides is 1. The number of hydrogen-bond acceptors (Lipinski definition) is 3. The molecular formula is C22H18F3N3OS. The molecule has 2 aromatic carbocycles. The molecule has 0 aliphatic carbocycles. The molecule has 154 valence electrons. The quantitative estimate of drug-likeness (QED) is 0.416. The Morgan fingerprint density at radius 1 is 1.07 bits per heavy atom. The van der Waals surface area contributed by atoms with Crippen LogP contribution >= 0.6 is 11.3 Å². The number of aryl methyl sites for hydroxylation is 2. The van der Waals surface area contributed by atoms with E-state index in [1.807, 2.05) is 13.0 Å². The SMILES string of the molecule is Cc1nc2cc(NC(=O)c3cc(C)n(-c4ccccc4C(F)(F)F)c3C)ccc2s1. The highest BCUT2D eigenvalue weighted by molar-refractivity contribution is 7.18. The van der Waals surface area contributed by atoms with Crippen LogP contribution < -0.4 is 5.32 Å². The average molecular weight is 429 g/mol. The van der Waals surface area contributed by atoms with Crippen molar-refractivity contribution in [2.45, 2.75) is 26.9 Å². The van der Waals surface area contributed by atoms with Gasteiger partial charge in [-0.05, 0) is 57.2 Å². The van der Waals surface area contributed by atoms with Gasteiger partial charge in [0.2, 0.25) is 0 Å². The van der Waals surface area contributed by atoms with Crippen LogP contribution in [0.5, 0.6) is 0 Å². The Kier molecular flexibility index (Phi) is 4.89. The van der Waals surface area contributed by atoms with Gasteiger partial charge in [0, 0.05) is 17.1 Å². The summed E-state index contributed by atoms with van der Waals surface area (Å²) in [5.74, 6) is -0.384. The first kappa shape index (κ1) is 20.2. The van der Waals surface area contributed by atoms with E-state index in [4.69, 9.17) is 0 Å². The van der Waals surface area contributed by atoms with E-state index in [2.05, 4.69) is 10.3 Å². The summed E-state index contributed by atoms with van der Waals surface area (Å²) in [5, 5.41) is 3.76. The van der Waals surface area contributed by atoms with Crippen molar-refractivity contribution in [3.05, 3.63) is 76.1 Å². The Hall–Kier alpha value is -3.13. The molecule has 0 bridgehead atoms. The number of benzene rings is 2. The maximum Gasteiger partial charge on any atom is 0.418 e. The molecular weight excluding hydrogens is 411 g/mol. The number of carbonyl (C=O) groups is 1. The fourth-order valence-corrected chi connectivity index (χ4v) is 4.40. The van der Waals surface area contributed by atoms with Gasteiger partial charge in [-0.1, -0.05) is 12.1 Å². The zero-order chi connectivity index (χ0) is 21.6. The molecule has 4 rings (SSSR count). The minimum absolute atomic E-state index is 0.00146. The Balaban J connectivity index is 1.70. The van der Waals surface area contributed by atoms with Gasteiger partial charge in [0.1, 0.15) is 0 Å². The van der Waals surface area contributed by atoms with E-state index in [0.29, 0.717) is 22.6 Å². The van der Waals surface area contributed by atoms with Crippen LogP contribution in [-0.2, 0) is 6.18 Å². The summed E-state index contributed by atoms with van der Waals surface area (Å²) in [6, 6.07) is 12.4. The van der Waals surface area contributed by atoms with E-state index >= 15 is 0 Å². The Morgan fingerprint density at radius 2 is 1.80 bits per heavy atom. The molecule has 0 radical (unpaired) electrons. The summed E-state index contributed by atoms with van der Waals surface area (Å²) in [4.78, 5) is 17.3. The highest BCUT2D eigenvalue weighted by atomic mass is 32.1. The van der Waals surface area contributed by atoms with Crippen LogP contribution in [0.25, 0.3) is 15.9 Å². The summed E-state index contributed by atoms with van der Waals surface area (Å²) in [5.41, 5.74) is 1.92. The molecule has 0 aliphatic heterocycles. The molecule has 0 fully saturated rings. The van der Waals surface area contributed by atoms with Crippen molar-refractivity contribution in [1.82, 2.24) is 9.55 Å². The molecule has 8 heteroatoms. The van der Waals surface area contributed by atoms with E-state index < -0.39 is 11.7 Å². The Morgan fingerprint density at radius 3 is 2.53 bits per heavy atom. The molecule has 30 heavy (non-hydrogen) atoms. The van der Waals surface area contributed by atoms with Gasteiger partial charge in [0.05, 0.1) is 32.0 Å². The molecule has 0 saturated carbocycles. The van der Waals surface area contributed by atoms with Crippen molar-refractivity contribution >= 4 is 33.1 Å². The molecule has 1 amide bonds. The maximum absolute atomic E-state index is 13.5. The molecule has 0 spiro atoms. The first-order valence-electron chi connectivity index (χ1n) is 9.19. The first-order valence-corrected chi connectivity index (χ1v) is 10.0. The fraction of sp³-hybridized carbons (Fsp3) is 0.182. The molecule has 1 N–H and O–H groups in total. The zero-order valence-electron chi connectivity index (χ0n) is 16.5. The summed E-state index contributed by atoms with van der Waals surface area (Å²) < 4.78 is 42.9. The van der Waals surface area contributed by atoms with Crippen LogP contribution in [0.4, 0.5) is 18.9 Å². The second-order valence-corrected chi connectivity index (χ2v) is 8.24. The number of nitrogens with zero attached hydrogens (tertiary/aromatic N) is 2. The van der Waals surface area contributed by atoms with E-state index in [-0.39, 0.29) is 11.6 Å². The number of para-hydroxylation sites is 1. The van der Waals surface area contributed by atoms with Crippen molar-refractivity contribution in [1.29, 1.82) is 0 Å². The van der Waals surface area contributed by atoms with Gasteiger partial charge >= 0.3 is 6.18 Å². The minimum Gasteiger partial charge on any atom is -0.322 e. The number of anilines is 1. The predicted molar refractivity (Wildman–Crippen MR) is 113 cm³/mol. The normalized spacial score (nSPS) is 11.8. The molecule has 4 aromatic rings. The monoisotopic (exact) mass is 429 g/mol. The number of aromatic nitrogens is 2. The van der Waals surface area contributed by atoms with Gasteiger partial charge in [-0.25, -0.2) is 4.98 Å². The number of fused-ring (bicyclic) bond motifs is 1. The lowest BCUT2D eigenvalue weighted by atomic mass is 10.1. The standard InChI is InChI=1S/C22H18F3N3OS/c1-12-10-16(13(2)28(12)19-7-5-4-6-17(19)22(23,24)25)21(29)27-15-8-9-20-18(11-15)26-14(3)30-20/h4-11H,1-3H3,(H,27,29). The number of thiazole rings is 1.